The molecule has 2 nitrogen and oxygen atoms in total. The van der Waals surface area contributed by atoms with Crippen LogP contribution in [0.5, 0.6) is 0 Å². The second-order valence-corrected chi connectivity index (χ2v) is 6.01. The van der Waals surface area contributed by atoms with Crippen molar-refractivity contribution in [1.29, 1.82) is 0 Å². The van der Waals surface area contributed by atoms with Crippen molar-refractivity contribution in [1.82, 2.24) is 0 Å². The van der Waals surface area contributed by atoms with E-state index in [0.29, 0.717) is 16.2 Å². The van der Waals surface area contributed by atoms with Gasteiger partial charge in [-0.1, -0.05) is 31.2 Å². The summed E-state index contributed by atoms with van der Waals surface area (Å²) in [4.78, 5) is 12.3. The fraction of sp³-hybridized carbons (Fsp3) is 0.167. The zero-order chi connectivity index (χ0) is 15.5. The van der Waals surface area contributed by atoms with Crippen LogP contribution in [0.3, 0.4) is 0 Å². The molecule has 0 radical (unpaired) electrons. The molecule has 3 rings (SSSR count). The summed E-state index contributed by atoms with van der Waals surface area (Å²) in [5.74, 6) is 0.280. The number of halogens is 1. The largest absolute Gasteiger partial charge is 0.423 e. The highest BCUT2D eigenvalue weighted by Gasteiger charge is 2.08. The van der Waals surface area contributed by atoms with E-state index in [-0.39, 0.29) is 11.4 Å². The maximum atomic E-state index is 13.7. The van der Waals surface area contributed by atoms with Gasteiger partial charge in [-0.3, -0.25) is 0 Å². The first kappa shape index (κ1) is 14.9. The SMILES string of the molecule is CCc1ccc2c(CSc3ccccc3F)cc(=O)oc2c1. The minimum absolute atomic E-state index is 0.243. The van der Waals surface area contributed by atoms with Crippen molar-refractivity contribution in [3.05, 3.63) is 75.9 Å². The second-order valence-electron chi connectivity index (χ2n) is 4.99. The topological polar surface area (TPSA) is 30.2 Å². The Morgan fingerprint density at radius 1 is 1.14 bits per heavy atom. The Bertz CT molecular complexity index is 870. The molecule has 1 aromatic heterocycles. The zero-order valence-electron chi connectivity index (χ0n) is 12.1. The number of fused-ring (bicyclic) bond motifs is 1. The molecule has 0 N–H and O–H groups in total. The lowest BCUT2D eigenvalue weighted by molar-refractivity contribution is 0.559. The van der Waals surface area contributed by atoms with E-state index >= 15 is 0 Å². The van der Waals surface area contributed by atoms with Gasteiger partial charge in [0.2, 0.25) is 0 Å². The molecule has 0 saturated heterocycles. The third kappa shape index (κ3) is 3.07. The molecule has 112 valence electrons. The van der Waals surface area contributed by atoms with E-state index in [2.05, 4.69) is 6.92 Å². The number of hydrogen-bond acceptors (Lipinski definition) is 3. The number of hydrogen-bond donors (Lipinski definition) is 0. The lowest BCUT2D eigenvalue weighted by atomic mass is 10.1. The molecule has 0 atom stereocenters. The van der Waals surface area contributed by atoms with Crippen LogP contribution < -0.4 is 5.63 Å². The quantitative estimate of drug-likeness (QED) is 0.512. The molecule has 1 heterocycles. The Hall–Kier alpha value is -2.07. The second kappa shape index (κ2) is 6.36. The van der Waals surface area contributed by atoms with E-state index in [9.17, 15) is 9.18 Å². The van der Waals surface area contributed by atoms with Crippen LogP contribution in [-0.4, -0.2) is 0 Å². The van der Waals surface area contributed by atoms with E-state index in [4.69, 9.17) is 4.42 Å². The van der Waals surface area contributed by atoms with Gasteiger partial charge in [-0.15, -0.1) is 11.8 Å². The minimum atomic E-state index is -0.370. The number of aryl methyl sites for hydroxylation is 1. The van der Waals surface area contributed by atoms with Gasteiger partial charge in [-0.2, -0.15) is 0 Å². The summed E-state index contributed by atoms with van der Waals surface area (Å²) in [6.45, 7) is 2.05. The first-order chi connectivity index (χ1) is 10.7. The van der Waals surface area contributed by atoms with Gasteiger partial charge in [-0.25, -0.2) is 9.18 Å². The first-order valence-electron chi connectivity index (χ1n) is 7.10. The summed E-state index contributed by atoms with van der Waals surface area (Å²) in [6, 6.07) is 14.0. The standard InChI is InChI=1S/C18H15FO2S/c1-2-12-7-8-14-13(10-18(20)21-16(14)9-12)11-22-17-6-4-3-5-15(17)19/h3-10H,2,11H2,1H3. The predicted molar refractivity (Wildman–Crippen MR) is 87.8 cm³/mol. The highest BCUT2D eigenvalue weighted by atomic mass is 32.2. The highest BCUT2D eigenvalue weighted by Crippen LogP contribution is 2.28. The van der Waals surface area contributed by atoms with E-state index in [0.717, 1.165) is 22.9 Å². The molecular formula is C18H15FO2S. The van der Waals surface area contributed by atoms with Crippen LogP contribution in [0, 0.1) is 5.82 Å². The average Bonchev–Trinajstić information content (AvgIpc) is 2.53. The van der Waals surface area contributed by atoms with Gasteiger partial charge in [-0.05, 0) is 35.7 Å². The van der Waals surface area contributed by atoms with Crippen LogP contribution in [-0.2, 0) is 12.2 Å². The van der Waals surface area contributed by atoms with Crippen LogP contribution in [0.1, 0.15) is 18.1 Å². The molecule has 0 saturated carbocycles. The Kier molecular flexibility index (Phi) is 4.29. The van der Waals surface area contributed by atoms with Crippen LogP contribution in [0.15, 0.2) is 62.6 Å². The predicted octanol–water partition coefficient (Wildman–Crippen LogP) is 4.79. The van der Waals surface area contributed by atoms with Gasteiger partial charge in [0.05, 0.1) is 0 Å². The van der Waals surface area contributed by atoms with Crippen LogP contribution in [0.2, 0.25) is 0 Å². The summed E-state index contributed by atoms with van der Waals surface area (Å²) in [6.07, 6.45) is 0.883. The number of thioether (sulfide) groups is 1. The maximum Gasteiger partial charge on any atom is 0.336 e. The third-order valence-electron chi connectivity index (χ3n) is 3.52. The van der Waals surface area contributed by atoms with Crippen molar-refractivity contribution >= 4 is 22.7 Å². The van der Waals surface area contributed by atoms with Crippen LogP contribution in [0.25, 0.3) is 11.0 Å². The van der Waals surface area contributed by atoms with E-state index < -0.39 is 0 Å². The third-order valence-corrected chi connectivity index (χ3v) is 4.62. The summed E-state index contributed by atoms with van der Waals surface area (Å²) in [5, 5.41) is 0.903. The van der Waals surface area contributed by atoms with Crippen molar-refractivity contribution in [2.24, 2.45) is 0 Å². The molecule has 4 heteroatoms. The van der Waals surface area contributed by atoms with Gasteiger partial charge >= 0.3 is 5.63 Å². The smallest absolute Gasteiger partial charge is 0.336 e. The van der Waals surface area contributed by atoms with E-state index in [1.807, 2.05) is 18.2 Å². The van der Waals surface area contributed by atoms with Crippen LogP contribution >= 0.6 is 11.8 Å². The molecule has 2 aromatic carbocycles. The van der Waals surface area contributed by atoms with Crippen molar-refractivity contribution in [3.63, 3.8) is 0 Å². The highest BCUT2D eigenvalue weighted by molar-refractivity contribution is 7.98. The van der Waals surface area contributed by atoms with E-state index in [1.165, 1.54) is 23.9 Å². The molecule has 22 heavy (non-hydrogen) atoms. The van der Waals surface area contributed by atoms with Crippen molar-refractivity contribution in [2.75, 3.05) is 0 Å². The molecular weight excluding hydrogens is 299 g/mol. The summed E-state index contributed by atoms with van der Waals surface area (Å²) >= 11 is 1.38. The first-order valence-corrected chi connectivity index (χ1v) is 8.09. The Morgan fingerprint density at radius 2 is 1.95 bits per heavy atom. The molecule has 0 spiro atoms. The minimum Gasteiger partial charge on any atom is -0.423 e. The summed E-state index contributed by atoms with van der Waals surface area (Å²) in [5.41, 5.74) is 2.21. The van der Waals surface area contributed by atoms with Gasteiger partial charge in [0, 0.05) is 22.1 Å². The van der Waals surface area contributed by atoms with Gasteiger partial charge in [0.25, 0.3) is 0 Å². The molecule has 0 bridgehead atoms. The average molecular weight is 314 g/mol. The lowest BCUT2D eigenvalue weighted by Gasteiger charge is -2.07. The Balaban J connectivity index is 1.96. The fourth-order valence-electron chi connectivity index (χ4n) is 2.33. The Morgan fingerprint density at radius 3 is 2.73 bits per heavy atom. The fourth-order valence-corrected chi connectivity index (χ4v) is 3.26. The monoisotopic (exact) mass is 314 g/mol. The zero-order valence-corrected chi connectivity index (χ0v) is 13.0. The van der Waals surface area contributed by atoms with Crippen molar-refractivity contribution in [3.8, 4) is 0 Å². The maximum absolute atomic E-state index is 13.7. The lowest BCUT2D eigenvalue weighted by Crippen LogP contribution is -2.00. The number of benzene rings is 2. The van der Waals surface area contributed by atoms with Gasteiger partial charge in [0.1, 0.15) is 11.4 Å². The molecule has 0 aliphatic heterocycles. The molecule has 3 aromatic rings. The molecule has 0 aliphatic carbocycles. The molecule has 0 fully saturated rings. The molecule has 0 amide bonds. The van der Waals surface area contributed by atoms with Crippen molar-refractivity contribution < 1.29 is 8.81 Å². The normalized spacial score (nSPS) is 11.0. The van der Waals surface area contributed by atoms with Gasteiger partial charge < -0.3 is 4.42 Å². The molecule has 0 aliphatic rings. The van der Waals surface area contributed by atoms with E-state index in [1.54, 1.807) is 18.2 Å². The summed E-state index contributed by atoms with van der Waals surface area (Å²) < 4.78 is 19.0. The Labute approximate surface area is 132 Å². The summed E-state index contributed by atoms with van der Waals surface area (Å²) in [7, 11) is 0. The molecule has 0 unspecified atom stereocenters. The van der Waals surface area contributed by atoms with Gasteiger partial charge in [0.15, 0.2) is 0 Å². The van der Waals surface area contributed by atoms with Crippen molar-refractivity contribution in [2.45, 2.75) is 24.0 Å². The van der Waals surface area contributed by atoms with Crippen LogP contribution in [0.4, 0.5) is 4.39 Å². The number of rotatable bonds is 4.